The molecule has 0 N–H and O–H groups in total. The maximum Gasteiger partial charge on any atom is 0.264 e. The minimum Gasteiger partial charge on any atom is -0.375 e. The number of carbonyl (C=O) groups is 1. The zero-order valence-electron chi connectivity index (χ0n) is 14.2. The average molecular weight is 345 g/mol. The highest BCUT2D eigenvalue weighted by atomic mass is 32.1. The van der Waals surface area contributed by atoms with Gasteiger partial charge in [0, 0.05) is 32.0 Å². The van der Waals surface area contributed by atoms with Crippen LogP contribution in [-0.2, 0) is 24.3 Å². The molecule has 0 spiro atoms. The minimum atomic E-state index is 0.114. The molecule has 2 aromatic rings. The number of nitrogens with zero attached hydrogens (tertiary/aromatic N) is 3. The SMILES string of the molecule is CN(C)CCOCc1cncc2c1CCN(C(=O)c1cccs1)C2. The van der Waals surface area contributed by atoms with Gasteiger partial charge in [0.1, 0.15) is 0 Å². The number of rotatable bonds is 6. The van der Waals surface area contributed by atoms with Gasteiger partial charge < -0.3 is 14.5 Å². The van der Waals surface area contributed by atoms with Gasteiger partial charge in [-0.1, -0.05) is 6.07 Å². The van der Waals surface area contributed by atoms with Crippen LogP contribution in [0.3, 0.4) is 0 Å². The first-order valence-corrected chi connectivity index (χ1v) is 9.03. The summed E-state index contributed by atoms with van der Waals surface area (Å²) in [7, 11) is 4.07. The minimum absolute atomic E-state index is 0.114. The van der Waals surface area contributed by atoms with Crippen LogP contribution in [0.25, 0.3) is 0 Å². The Balaban J connectivity index is 1.65. The van der Waals surface area contributed by atoms with Crippen molar-refractivity contribution in [2.45, 2.75) is 19.6 Å². The summed E-state index contributed by atoms with van der Waals surface area (Å²) in [5.41, 5.74) is 3.58. The highest BCUT2D eigenvalue weighted by Crippen LogP contribution is 2.24. The third kappa shape index (κ3) is 4.01. The van der Waals surface area contributed by atoms with Crippen molar-refractivity contribution < 1.29 is 9.53 Å². The van der Waals surface area contributed by atoms with Crippen molar-refractivity contribution in [3.05, 3.63) is 51.5 Å². The van der Waals surface area contributed by atoms with Crippen LogP contribution in [0.2, 0.25) is 0 Å². The number of amides is 1. The van der Waals surface area contributed by atoms with Gasteiger partial charge in [-0.05, 0) is 48.7 Å². The number of fused-ring (bicyclic) bond motifs is 1. The third-order valence-corrected chi connectivity index (χ3v) is 5.05. The molecular weight excluding hydrogens is 322 g/mol. The van der Waals surface area contributed by atoms with E-state index in [4.69, 9.17) is 4.74 Å². The van der Waals surface area contributed by atoms with Crippen LogP contribution in [0.5, 0.6) is 0 Å². The van der Waals surface area contributed by atoms with E-state index in [9.17, 15) is 4.79 Å². The topological polar surface area (TPSA) is 45.7 Å². The van der Waals surface area contributed by atoms with E-state index in [0.29, 0.717) is 19.8 Å². The molecular formula is C18H23N3O2S. The summed E-state index contributed by atoms with van der Waals surface area (Å²) in [5.74, 6) is 0.114. The number of pyridine rings is 1. The molecule has 1 amide bonds. The molecule has 0 bridgehead atoms. The molecule has 1 aliphatic rings. The van der Waals surface area contributed by atoms with Crippen LogP contribution in [-0.4, -0.2) is 54.5 Å². The van der Waals surface area contributed by atoms with Crippen LogP contribution in [0, 0.1) is 0 Å². The van der Waals surface area contributed by atoms with Crippen molar-refractivity contribution in [3.63, 3.8) is 0 Å². The zero-order valence-corrected chi connectivity index (χ0v) is 15.0. The number of likely N-dealkylation sites (N-methyl/N-ethyl adjacent to an activating group) is 1. The summed E-state index contributed by atoms with van der Waals surface area (Å²) < 4.78 is 5.77. The van der Waals surface area contributed by atoms with Gasteiger partial charge in [0.15, 0.2) is 0 Å². The molecule has 0 aromatic carbocycles. The Morgan fingerprint density at radius 3 is 3.04 bits per heavy atom. The Morgan fingerprint density at radius 1 is 1.42 bits per heavy atom. The first kappa shape index (κ1) is 17.1. The van der Waals surface area contributed by atoms with Crippen LogP contribution < -0.4 is 0 Å². The van der Waals surface area contributed by atoms with Crippen molar-refractivity contribution in [1.82, 2.24) is 14.8 Å². The molecule has 24 heavy (non-hydrogen) atoms. The number of carbonyl (C=O) groups excluding carboxylic acids is 1. The number of thiophene rings is 1. The van der Waals surface area contributed by atoms with Gasteiger partial charge in [-0.2, -0.15) is 0 Å². The van der Waals surface area contributed by atoms with E-state index >= 15 is 0 Å². The van der Waals surface area contributed by atoms with E-state index in [1.807, 2.05) is 48.9 Å². The summed E-state index contributed by atoms with van der Waals surface area (Å²) in [6, 6.07) is 3.80. The van der Waals surface area contributed by atoms with Gasteiger partial charge in [-0.15, -0.1) is 11.3 Å². The fourth-order valence-electron chi connectivity index (χ4n) is 2.85. The van der Waals surface area contributed by atoms with Crippen molar-refractivity contribution in [1.29, 1.82) is 0 Å². The molecule has 5 nitrogen and oxygen atoms in total. The van der Waals surface area contributed by atoms with Gasteiger partial charge in [0.05, 0.1) is 18.1 Å². The predicted octanol–water partition coefficient (Wildman–Crippen LogP) is 2.42. The second-order valence-corrected chi connectivity index (χ2v) is 7.19. The Morgan fingerprint density at radius 2 is 2.29 bits per heavy atom. The van der Waals surface area contributed by atoms with Gasteiger partial charge in [0.25, 0.3) is 5.91 Å². The molecule has 6 heteroatoms. The van der Waals surface area contributed by atoms with Gasteiger partial charge in [0.2, 0.25) is 0 Å². The van der Waals surface area contributed by atoms with E-state index in [-0.39, 0.29) is 5.91 Å². The Bertz CT molecular complexity index is 686. The highest BCUT2D eigenvalue weighted by molar-refractivity contribution is 7.12. The Labute approximate surface area is 146 Å². The fourth-order valence-corrected chi connectivity index (χ4v) is 3.54. The number of hydrogen-bond donors (Lipinski definition) is 0. The Kier molecular flexibility index (Phi) is 5.60. The average Bonchev–Trinajstić information content (AvgIpc) is 3.12. The van der Waals surface area contributed by atoms with E-state index in [1.54, 1.807) is 0 Å². The molecule has 0 saturated heterocycles. The molecule has 3 heterocycles. The second-order valence-electron chi connectivity index (χ2n) is 6.25. The predicted molar refractivity (Wildman–Crippen MR) is 95.2 cm³/mol. The standard InChI is InChI=1S/C18H23N3O2S/c1-20(2)7-8-23-13-15-11-19-10-14-12-21(6-5-16(14)15)18(22)17-4-3-9-24-17/h3-4,9-11H,5-8,12-13H2,1-2H3. The van der Waals surface area contributed by atoms with Crippen LogP contribution in [0.4, 0.5) is 0 Å². The molecule has 1 aliphatic heterocycles. The lowest BCUT2D eigenvalue weighted by Crippen LogP contribution is -2.36. The van der Waals surface area contributed by atoms with E-state index in [2.05, 4.69) is 9.88 Å². The number of aromatic nitrogens is 1. The van der Waals surface area contributed by atoms with E-state index in [0.717, 1.165) is 35.5 Å². The smallest absolute Gasteiger partial charge is 0.264 e. The molecule has 0 aliphatic carbocycles. The molecule has 128 valence electrons. The maximum atomic E-state index is 12.5. The highest BCUT2D eigenvalue weighted by Gasteiger charge is 2.24. The molecule has 0 radical (unpaired) electrons. The van der Waals surface area contributed by atoms with E-state index < -0.39 is 0 Å². The lowest BCUT2D eigenvalue weighted by molar-refractivity contribution is 0.0737. The largest absolute Gasteiger partial charge is 0.375 e. The lowest BCUT2D eigenvalue weighted by atomic mass is 9.97. The maximum absolute atomic E-state index is 12.5. The zero-order chi connectivity index (χ0) is 16.9. The summed E-state index contributed by atoms with van der Waals surface area (Å²) in [6.45, 7) is 3.58. The van der Waals surface area contributed by atoms with Crippen molar-refractivity contribution in [3.8, 4) is 0 Å². The third-order valence-electron chi connectivity index (χ3n) is 4.19. The van der Waals surface area contributed by atoms with Crippen molar-refractivity contribution in [2.24, 2.45) is 0 Å². The van der Waals surface area contributed by atoms with E-state index in [1.165, 1.54) is 16.9 Å². The number of hydrogen-bond acceptors (Lipinski definition) is 5. The normalized spacial score (nSPS) is 14.0. The molecule has 0 unspecified atom stereocenters. The first-order valence-electron chi connectivity index (χ1n) is 8.15. The van der Waals surface area contributed by atoms with Gasteiger partial charge in [-0.25, -0.2) is 0 Å². The molecule has 0 saturated carbocycles. The van der Waals surface area contributed by atoms with Gasteiger partial charge >= 0.3 is 0 Å². The molecule has 3 rings (SSSR count). The second kappa shape index (κ2) is 7.88. The van der Waals surface area contributed by atoms with Crippen LogP contribution in [0.15, 0.2) is 29.9 Å². The molecule has 2 aromatic heterocycles. The Hall–Kier alpha value is -1.76. The summed E-state index contributed by atoms with van der Waals surface area (Å²) >= 11 is 1.49. The molecule has 0 atom stereocenters. The van der Waals surface area contributed by atoms with Crippen LogP contribution in [0.1, 0.15) is 26.4 Å². The fraction of sp³-hybridized carbons (Fsp3) is 0.444. The molecule has 0 fully saturated rings. The summed E-state index contributed by atoms with van der Waals surface area (Å²) in [5, 5.41) is 1.94. The van der Waals surface area contributed by atoms with Crippen molar-refractivity contribution >= 4 is 17.2 Å². The first-order chi connectivity index (χ1) is 11.6. The quantitative estimate of drug-likeness (QED) is 0.755. The van der Waals surface area contributed by atoms with Crippen molar-refractivity contribution in [2.75, 3.05) is 33.8 Å². The monoisotopic (exact) mass is 345 g/mol. The summed E-state index contributed by atoms with van der Waals surface area (Å²) in [4.78, 5) is 21.7. The van der Waals surface area contributed by atoms with Crippen LogP contribution >= 0.6 is 11.3 Å². The number of ether oxygens (including phenoxy) is 1. The van der Waals surface area contributed by atoms with Gasteiger partial charge in [-0.3, -0.25) is 9.78 Å². The summed E-state index contributed by atoms with van der Waals surface area (Å²) in [6.07, 6.45) is 4.64. The lowest BCUT2D eigenvalue weighted by Gasteiger charge is -2.29.